The first-order chi connectivity index (χ1) is 14.3. The van der Waals surface area contributed by atoms with Crippen molar-refractivity contribution in [2.75, 3.05) is 7.05 Å². The summed E-state index contributed by atoms with van der Waals surface area (Å²) in [7, 11) is 1.59. The number of para-hydroxylation sites is 1. The zero-order valence-corrected chi connectivity index (χ0v) is 17.6. The number of benzene rings is 2. The molecule has 2 aromatic carbocycles. The van der Waals surface area contributed by atoms with E-state index in [1.54, 1.807) is 42.8 Å². The number of hydrogen-bond donors (Lipinski definition) is 0. The lowest BCUT2D eigenvalue weighted by Gasteiger charge is -2.27. The van der Waals surface area contributed by atoms with Gasteiger partial charge in [0.25, 0.3) is 17.2 Å². The quantitative estimate of drug-likeness (QED) is 0.432. The summed E-state index contributed by atoms with van der Waals surface area (Å²) in [5.41, 5.74) is 0.353. The number of aromatic nitrogens is 2. The van der Waals surface area contributed by atoms with Crippen LogP contribution in [0.2, 0.25) is 5.02 Å². The molecule has 0 spiro atoms. The van der Waals surface area contributed by atoms with Gasteiger partial charge in [-0.05, 0) is 31.5 Å². The molecule has 0 aliphatic heterocycles. The normalized spacial score (nSPS) is 12.0. The van der Waals surface area contributed by atoms with E-state index >= 15 is 0 Å². The summed E-state index contributed by atoms with van der Waals surface area (Å²) in [6.07, 6.45) is 0.728. The Morgan fingerprint density at radius 1 is 1.30 bits per heavy atom. The maximum absolute atomic E-state index is 13.0. The van der Waals surface area contributed by atoms with Crippen LogP contribution >= 0.6 is 11.6 Å². The summed E-state index contributed by atoms with van der Waals surface area (Å²) in [4.78, 5) is 42.5. The SMILES string of the molecule is CCCn1c(C(C)N(C)C(=O)c2ccc([N+](=O)[O-])cc2Cl)nc2ccccc2c1=O. The lowest BCUT2D eigenvalue weighted by atomic mass is 10.1. The van der Waals surface area contributed by atoms with Crippen molar-refractivity contribution in [1.29, 1.82) is 0 Å². The highest BCUT2D eigenvalue weighted by Gasteiger charge is 2.26. The molecule has 1 amide bonds. The lowest BCUT2D eigenvalue weighted by Crippen LogP contribution is -2.35. The van der Waals surface area contributed by atoms with E-state index < -0.39 is 16.9 Å². The smallest absolute Gasteiger partial charge is 0.270 e. The number of halogens is 1. The van der Waals surface area contributed by atoms with Crippen LogP contribution in [0, 0.1) is 10.1 Å². The second kappa shape index (κ2) is 8.62. The highest BCUT2D eigenvalue weighted by molar-refractivity contribution is 6.34. The molecule has 1 atom stereocenters. The molecule has 1 heterocycles. The molecule has 0 aliphatic carbocycles. The molecule has 3 rings (SSSR count). The van der Waals surface area contributed by atoms with Crippen molar-refractivity contribution in [3.8, 4) is 0 Å². The van der Waals surface area contributed by atoms with Crippen LogP contribution in [0.1, 0.15) is 42.5 Å². The van der Waals surface area contributed by atoms with E-state index in [4.69, 9.17) is 11.6 Å². The third-order valence-corrected chi connectivity index (χ3v) is 5.32. The van der Waals surface area contributed by atoms with Crippen LogP contribution in [0.4, 0.5) is 5.69 Å². The van der Waals surface area contributed by atoms with Crippen LogP contribution in [0.15, 0.2) is 47.3 Å². The number of nitrogens with zero attached hydrogens (tertiary/aromatic N) is 4. The number of carbonyl (C=O) groups excluding carboxylic acids is 1. The maximum Gasteiger partial charge on any atom is 0.270 e. The van der Waals surface area contributed by atoms with E-state index in [1.807, 2.05) is 6.92 Å². The first-order valence-electron chi connectivity index (χ1n) is 9.46. The molecule has 0 bridgehead atoms. The van der Waals surface area contributed by atoms with E-state index in [0.717, 1.165) is 12.5 Å². The highest BCUT2D eigenvalue weighted by Crippen LogP contribution is 2.26. The van der Waals surface area contributed by atoms with Crippen molar-refractivity contribution in [2.24, 2.45) is 0 Å². The van der Waals surface area contributed by atoms with Gasteiger partial charge in [0.05, 0.1) is 32.5 Å². The molecular formula is C21H21ClN4O4. The van der Waals surface area contributed by atoms with E-state index in [1.165, 1.54) is 17.0 Å². The van der Waals surface area contributed by atoms with Crippen LogP contribution in [-0.2, 0) is 6.54 Å². The zero-order valence-electron chi connectivity index (χ0n) is 16.8. The van der Waals surface area contributed by atoms with Gasteiger partial charge >= 0.3 is 0 Å². The number of carbonyl (C=O) groups is 1. The summed E-state index contributed by atoms with van der Waals surface area (Å²) < 4.78 is 1.59. The van der Waals surface area contributed by atoms with Crippen LogP contribution < -0.4 is 5.56 Å². The van der Waals surface area contributed by atoms with Gasteiger partial charge in [0.2, 0.25) is 0 Å². The van der Waals surface area contributed by atoms with Gasteiger partial charge in [0, 0.05) is 25.7 Å². The second-order valence-corrected chi connectivity index (χ2v) is 7.36. The van der Waals surface area contributed by atoms with Crippen molar-refractivity contribution >= 4 is 34.1 Å². The maximum atomic E-state index is 13.0. The lowest BCUT2D eigenvalue weighted by molar-refractivity contribution is -0.384. The van der Waals surface area contributed by atoms with Gasteiger partial charge in [-0.2, -0.15) is 0 Å². The molecule has 0 N–H and O–H groups in total. The Balaban J connectivity index is 2.03. The Morgan fingerprint density at radius 3 is 2.63 bits per heavy atom. The highest BCUT2D eigenvalue weighted by atomic mass is 35.5. The fourth-order valence-corrected chi connectivity index (χ4v) is 3.53. The summed E-state index contributed by atoms with van der Waals surface area (Å²) >= 11 is 6.12. The Bertz CT molecular complexity index is 1190. The Morgan fingerprint density at radius 2 is 2.00 bits per heavy atom. The van der Waals surface area contributed by atoms with Crippen LogP contribution in [0.3, 0.4) is 0 Å². The molecule has 8 nitrogen and oxygen atoms in total. The molecule has 30 heavy (non-hydrogen) atoms. The summed E-state index contributed by atoms with van der Waals surface area (Å²) in [6.45, 7) is 4.21. The molecule has 0 saturated carbocycles. The number of nitro benzene ring substituents is 1. The van der Waals surface area contributed by atoms with Gasteiger partial charge in [-0.3, -0.25) is 24.3 Å². The monoisotopic (exact) mass is 428 g/mol. The number of amides is 1. The average molecular weight is 429 g/mol. The van der Waals surface area contributed by atoms with Crippen molar-refractivity contribution in [1.82, 2.24) is 14.5 Å². The Labute approximate surface area is 177 Å². The zero-order chi connectivity index (χ0) is 22.0. The largest absolute Gasteiger partial charge is 0.332 e. The van der Waals surface area contributed by atoms with Crippen LogP contribution in [0.25, 0.3) is 10.9 Å². The minimum atomic E-state index is -0.574. The molecule has 0 aliphatic rings. The van der Waals surface area contributed by atoms with Crippen molar-refractivity contribution in [3.05, 3.63) is 79.3 Å². The van der Waals surface area contributed by atoms with Crippen LogP contribution in [0.5, 0.6) is 0 Å². The van der Waals surface area contributed by atoms with Gasteiger partial charge < -0.3 is 4.90 Å². The van der Waals surface area contributed by atoms with Crippen LogP contribution in [-0.4, -0.2) is 32.3 Å². The summed E-state index contributed by atoms with van der Waals surface area (Å²) in [6, 6.07) is 10.3. The third kappa shape index (κ3) is 3.91. The fraction of sp³-hybridized carbons (Fsp3) is 0.286. The van der Waals surface area contributed by atoms with E-state index in [0.29, 0.717) is 23.3 Å². The van der Waals surface area contributed by atoms with Crippen molar-refractivity contribution < 1.29 is 9.72 Å². The topological polar surface area (TPSA) is 98.3 Å². The summed E-state index contributed by atoms with van der Waals surface area (Å²) in [5, 5.41) is 11.4. The van der Waals surface area contributed by atoms with Gasteiger partial charge in [0.15, 0.2) is 0 Å². The number of rotatable bonds is 6. The molecule has 1 unspecified atom stereocenters. The molecule has 0 saturated heterocycles. The minimum Gasteiger partial charge on any atom is -0.332 e. The standard InChI is InChI=1S/C21H21ClN4O4/c1-4-11-25-19(23-18-8-6-5-7-16(18)21(25)28)13(2)24(3)20(27)15-10-9-14(26(29)30)12-17(15)22/h5-10,12-13H,4,11H2,1-3H3. The van der Waals surface area contributed by atoms with Crippen molar-refractivity contribution in [2.45, 2.75) is 32.9 Å². The molecule has 9 heteroatoms. The average Bonchev–Trinajstić information content (AvgIpc) is 2.74. The van der Waals surface area contributed by atoms with Gasteiger partial charge in [-0.25, -0.2) is 4.98 Å². The molecule has 3 aromatic rings. The molecule has 1 aromatic heterocycles. The molecule has 0 fully saturated rings. The number of nitro groups is 1. The predicted octanol–water partition coefficient (Wildman–Crippen LogP) is 4.20. The number of hydrogen-bond acceptors (Lipinski definition) is 5. The van der Waals surface area contributed by atoms with Gasteiger partial charge in [-0.15, -0.1) is 0 Å². The summed E-state index contributed by atoms with van der Waals surface area (Å²) in [5.74, 6) is 0.0438. The predicted molar refractivity (Wildman–Crippen MR) is 115 cm³/mol. The number of non-ortho nitro benzene ring substituents is 1. The van der Waals surface area contributed by atoms with Crippen molar-refractivity contribution in [3.63, 3.8) is 0 Å². The minimum absolute atomic E-state index is 0.00864. The first kappa shape index (κ1) is 21.4. The van der Waals surface area contributed by atoms with Gasteiger partial charge in [0.1, 0.15) is 5.82 Å². The third-order valence-electron chi connectivity index (χ3n) is 5.01. The molecule has 0 radical (unpaired) electrons. The first-order valence-corrected chi connectivity index (χ1v) is 9.84. The number of fused-ring (bicyclic) bond motifs is 1. The Kier molecular flexibility index (Phi) is 6.17. The molecular weight excluding hydrogens is 408 g/mol. The Hall–Kier alpha value is -3.26. The van der Waals surface area contributed by atoms with E-state index in [2.05, 4.69) is 4.98 Å². The second-order valence-electron chi connectivity index (χ2n) is 6.96. The molecule has 156 valence electrons. The van der Waals surface area contributed by atoms with E-state index in [9.17, 15) is 19.7 Å². The van der Waals surface area contributed by atoms with Gasteiger partial charge in [-0.1, -0.05) is 30.7 Å². The van der Waals surface area contributed by atoms with E-state index in [-0.39, 0.29) is 21.8 Å². The fourth-order valence-electron chi connectivity index (χ4n) is 3.27.